The minimum absolute atomic E-state index is 0.000606. The second kappa shape index (κ2) is 8.31. The fourth-order valence-corrected chi connectivity index (χ4v) is 4.92. The van der Waals surface area contributed by atoms with Gasteiger partial charge in [-0.15, -0.1) is 5.10 Å². The Morgan fingerprint density at radius 2 is 2.13 bits per heavy atom. The van der Waals surface area contributed by atoms with Gasteiger partial charge in [0.25, 0.3) is 5.19 Å². The van der Waals surface area contributed by atoms with Crippen LogP contribution >= 0.6 is 11.3 Å². The van der Waals surface area contributed by atoms with Crippen LogP contribution < -0.4 is 14.8 Å². The van der Waals surface area contributed by atoms with E-state index in [1.807, 2.05) is 0 Å². The van der Waals surface area contributed by atoms with Crippen LogP contribution in [0.25, 0.3) is 22.0 Å². The Hall–Kier alpha value is -2.92. The SMILES string of the molecule is COc1ncnc(-c2ccc(-c3nnc(O[C@H]4CC5CCCC(N5)[C@H]4F)s3)c(O)c2)n1. The number of methoxy groups -OCH3 is 1. The number of fused-ring (bicyclic) bond motifs is 2. The number of halogens is 1. The van der Waals surface area contributed by atoms with Crippen molar-refractivity contribution in [2.75, 3.05) is 7.11 Å². The summed E-state index contributed by atoms with van der Waals surface area (Å²) in [5, 5.41) is 22.8. The second-order valence-corrected chi connectivity index (χ2v) is 8.58. The van der Waals surface area contributed by atoms with Crippen molar-refractivity contribution in [1.29, 1.82) is 0 Å². The normalized spacial score (nSPS) is 25.2. The van der Waals surface area contributed by atoms with E-state index in [0.717, 1.165) is 19.3 Å². The molecule has 11 heteroatoms. The number of hydrogen-bond acceptors (Lipinski definition) is 10. The Bertz CT molecular complexity index is 1080. The smallest absolute Gasteiger partial charge is 0.319 e. The van der Waals surface area contributed by atoms with Crippen molar-refractivity contribution in [3.63, 3.8) is 0 Å². The fourth-order valence-electron chi connectivity index (χ4n) is 4.14. The van der Waals surface area contributed by atoms with Gasteiger partial charge in [0.05, 0.1) is 12.7 Å². The summed E-state index contributed by atoms with van der Waals surface area (Å²) in [6, 6.07) is 5.32. The number of hydrogen-bond donors (Lipinski definition) is 2. The molecule has 2 aliphatic heterocycles. The highest BCUT2D eigenvalue weighted by Gasteiger charge is 2.41. The molecule has 0 amide bonds. The van der Waals surface area contributed by atoms with E-state index in [1.165, 1.54) is 30.8 Å². The van der Waals surface area contributed by atoms with Crippen molar-refractivity contribution < 1.29 is 19.0 Å². The van der Waals surface area contributed by atoms with Gasteiger partial charge >= 0.3 is 6.01 Å². The van der Waals surface area contributed by atoms with Crippen LogP contribution in [0.3, 0.4) is 0 Å². The summed E-state index contributed by atoms with van der Waals surface area (Å²) < 4.78 is 25.6. The predicted octanol–water partition coefficient (Wildman–Crippen LogP) is 2.77. The quantitative estimate of drug-likeness (QED) is 0.613. The van der Waals surface area contributed by atoms with Crippen molar-refractivity contribution in [2.24, 2.45) is 0 Å². The number of aromatic hydroxyl groups is 1. The predicted molar refractivity (Wildman–Crippen MR) is 111 cm³/mol. The highest BCUT2D eigenvalue weighted by Crippen LogP contribution is 2.37. The number of phenolic OH excluding ortho intramolecular Hbond substituents is 1. The van der Waals surface area contributed by atoms with E-state index in [0.29, 0.717) is 33.6 Å². The molecule has 2 bridgehead atoms. The van der Waals surface area contributed by atoms with Gasteiger partial charge in [0.15, 0.2) is 17.0 Å². The van der Waals surface area contributed by atoms with Crippen LogP contribution in [0.1, 0.15) is 25.7 Å². The van der Waals surface area contributed by atoms with Crippen molar-refractivity contribution in [3.8, 4) is 38.9 Å². The van der Waals surface area contributed by atoms with E-state index >= 15 is 0 Å². The molecule has 1 aromatic carbocycles. The Labute approximate surface area is 181 Å². The molecule has 162 valence electrons. The lowest BCUT2D eigenvalue weighted by molar-refractivity contribution is 0.00888. The zero-order valence-electron chi connectivity index (χ0n) is 16.7. The number of benzene rings is 1. The molecule has 2 aliphatic rings. The number of phenols is 1. The molecule has 31 heavy (non-hydrogen) atoms. The van der Waals surface area contributed by atoms with Gasteiger partial charge in [-0.3, -0.25) is 0 Å². The van der Waals surface area contributed by atoms with Crippen LogP contribution in [0.5, 0.6) is 17.0 Å². The molecular weight excluding hydrogens is 423 g/mol. The summed E-state index contributed by atoms with van der Waals surface area (Å²) in [6.45, 7) is 0. The number of ether oxygens (including phenoxy) is 2. The summed E-state index contributed by atoms with van der Waals surface area (Å²) in [7, 11) is 1.47. The molecule has 4 heterocycles. The number of nitrogens with one attached hydrogen (secondary N) is 1. The van der Waals surface area contributed by atoms with Gasteiger partial charge in [-0.2, -0.15) is 9.97 Å². The lowest BCUT2D eigenvalue weighted by Gasteiger charge is -2.42. The van der Waals surface area contributed by atoms with Gasteiger partial charge < -0.3 is 19.9 Å². The average Bonchev–Trinajstić information content (AvgIpc) is 3.25. The van der Waals surface area contributed by atoms with Gasteiger partial charge in [-0.1, -0.05) is 28.9 Å². The monoisotopic (exact) mass is 444 g/mol. The summed E-state index contributed by atoms with van der Waals surface area (Å²) >= 11 is 1.18. The molecule has 2 N–H and O–H groups in total. The fraction of sp³-hybridized carbons (Fsp3) is 0.450. The van der Waals surface area contributed by atoms with Crippen molar-refractivity contribution in [1.82, 2.24) is 30.5 Å². The number of rotatable bonds is 5. The first-order valence-electron chi connectivity index (χ1n) is 10.1. The Balaban J connectivity index is 1.33. The minimum Gasteiger partial charge on any atom is -0.507 e. The first-order valence-corrected chi connectivity index (χ1v) is 10.9. The zero-order valence-corrected chi connectivity index (χ0v) is 17.5. The number of piperidine rings is 2. The van der Waals surface area contributed by atoms with Gasteiger partial charge in [0.2, 0.25) is 0 Å². The standard InChI is InChI=1S/C20H21FN6O3S/c1-29-19-23-9-22-17(25-19)10-5-6-12(14(28)7-10)18-26-27-20(31-18)30-15-8-11-3-2-4-13(24-11)16(15)21/h5-7,9,11,13,15-16,24,28H,2-4,8H2,1H3/t11?,13?,15-,16+/m0/s1. The molecule has 5 rings (SSSR count). The third-order valence-electron chi connectivity index (χ3n) is 5.65. The molecule has 2 saturated heterocycles. The van der Waals surface area contributed by atoms with E-state index in [2.05, 4.69) is 30.5 Å². The van der Waals surface area contributed by atoms with Crippen molar-refractivity contribution in [2.45, 2.75) is 50.0 Å². The Morgan fingerprint density at radius 3 is 2.97 bits per heavy atom. The van der Waals surface area contributed by atoms with Crippen molar-refractivity contribution >= 4 is 11.3 Å². The third-order valence-corrected chi connectivity index (χ3v) is 6.50. The summed E-state index contributed by atoms with van der Waals surface area (Å²) in [4.78, 5) is 12.1. The van der Waals surface area contributed by atoms with Gasteiger partial charge in [-0.05, 0) is 25.0 Å². The number of alkyl halides is 1. The highest BCUT2D eigenvalue weighted by atomic mass is 32.1. The highest BCUT2D eigenvalue weighted by molar-refractivity contribution is 7.16. The Morgan fingerprint density at radius 1 is 1.23 bits per heavy atom. The molecule has 9 nitrogen and oxygen atoms in total. The van der Waals surface area contributed by atoms with E-state index in [1.54, 1.807) is 12.1 Å². The van der Waals surface area contributed by atoms with Gasteiger partial charge in [0, 0.05) is 24.1 Å². The van der Waals surface area contributed by atoms with E-state index in [-0.39, 0.29) is 23.8 Å². The molecule has 0 spiro atoms. The van der Waals surface area contributed by atoms with Crippen LogP contribution in [-0.2, 0) is 0 Å². The largest absolute Gasteiger partial charge is 0.507 e. The lowest BCUT2D eigenvalue weighted by atomic mass is 9.84. The van der Waals surface area contributed by atoms with Crippen LogP contribution in [0.4, 0.5) is 4.39 Å². The summed E-state index contributed by atoms with van der Waals surface area (Å²) in [5.41, 5.74) is 1.10. The van der Waals surface area contributed by atoms with Gasteiger partial charge in [-0.25, -0.2) is 9.37 Å². The Kier molecular flexibility index (Phi) is 5.36. The van der Waals surface area contributed by atoms with Crippen LogP contribution in [0.15, 0.2) is 24.5 Å². The van der Waals surface area contributed by atoms with E-state index in [4.69, 9.17) is 9.47 Å². The van der Waals surface area contributed by atoms with E-state index in [9.17, 15) is 9.50 Å². The molecule has 2 fully saturated rings. The second-order valence-electron chi connectivity index (χ2n) is 7.64. The third kappa shape index (κ3) is 4.02. The summed E-state index contributed by atoms with van der Waals surface area (Å²) in [5.74, 6) is 0.375. The van der Waals surface area contributed by atoms with Crippen LogP contribution in [0, 0.1) is 0 Å². The molecule has 4 atom stereocenters. The zero-order chi connectivity index (χ0) is 21.4. The average molecular weight is 444 g/mol. The first kappa shape index (κ1) is 20.0. The summed E-state index contributed by atoms with van der Waals surface area (Å²) in [6.07, 6.45) is 3.26. The molecule has 0 saturated carbocycles. The first-order chi connectivity index (χ1) is 15.1. The van der Waals surface area contributed by atoms with Crippen LogP contribution in [0.2, 0.25) is 0 Å². The van der Waals surface area contributed by atoms with Gasteiger partial charge in [0.1, 0.15) is 18.2 Å². The molecule has 2 unspecified atom stereocenters. The van der Waals surface area contributed by atoms with E-state index < -0.39 is 12.3 Å². The molecule has 2 aromatic heterocycles. The van der Waals surface area contributed by atoms with Crippen LogP contribution in [-0.4, -0.2) is 61.7 Å². The molecular formula is C20H21FN6O3S. The number of nitrogens with zero attached hydrogens (tertiary/aromatic N) is 5. The maximum atomic E-state index is 14.8. The maximum Gasteiger partial charge on any atom is 0.319 e. The topological polar surface area (TPSA) is 115 Å². The lowest BCUT2D eigenvalue weighted by Crippen LogP contribution is -2.58. The number of aromatic nitrogens is 5. The maximum absolute atomic E-state index is 14.8. The van der Waals surface area contributed by atoms with Crippen molar-refractivity contribution in [3.05, 3.63) is 24.5 Å². The minimum atomic E-state index is -1.08. The molecule has 0 aliphatic carbocycles. The molecule has 3 aromatic rings. The molecule has 0 radical (unpaired) electrons.